The van der Waals surface area contributed by atoms with Gasteiger partial charge in [0.1, 0.15) is 5.75 Å². The van der Waals surface area contributed by atoms with Crippen LogP contribution in [0, 0.1) is 34.4 Å². The van der Waals surface area contributed by atoms with Gasteiger partial charge in [0, 0.05) is 18.7 Å². The molecule has 0 spiro atoms. The fourth-order valence-electron chi connectivity index (χ4n) is 7.20. The lowest BCUT2D eigenvalue weighted by Gasteiger charge is -2.39. The smallest absolute Gasteiger partial charge is 0.309 e. The number of hydrogen-bond donors (Lipinski definition) is 3. The van der Waals surface area contributed by atoms with Crippen molar-refractivity contribution >= 4 is 17.8 Å². The first-order valence-corrected chi connectivity index (χ1v) is 14.5. The van der Waals surface area contributed by atoms with Gasteiger partial charge in [-0.1, -0.05) is 13.3 Å². The summed E-state index contributed by atoms with van der Waals surface area (Å²) in [7, 11) is 0. The van der Waals surface area contributed by atoms with E-state index >= 15 is 0 Å². The van der Waals surface area contributed by atoms with Crippen LogP contribution in [-0.2, 0) is 9.59 Å². The van der Waals surface area contributed by atoms with E-state index in [0.29, 0.717) is 32.2 Å². The van der Waals surface area contributed by atoms with Gasteiger partial charge in [0.2, 0.25) is 12.8 Å². The third-order valence-electron chi connectivity index (χ3n) is 10.1. The van der Waals surface area contributed by atoms with Crippen molar-refractivity contribution in [2.75, 3.05) is 13.4 Å². The zero-order chi connectivity index (χ0) is 28.7. The van der Waals surface area contributed by atoms with Crippen LogP contribution in [0.2, 0.25) is 0 Å². The molecule has 4 aliphatic rings. The second kappa shape index (κ2) is 11.2. The molecule has 0 unspecified atom stereocenters. The first kappa shape index (κ1) is 28.6. The number of benzene rings is 1. The lowest BCUT2D eigenvalue weighted by Crippen LogP contribution is -2.51. The molecule has 2 bridgehead atoms. The third kappa shape index (κ3) is 5.63. The van der Waals surface area contributed by atoms with E-state index in [-0.39, 0.29) is 52.2 Å². The van der Waals surface area contributed by atoms with Gasteiger partial charge in [-0.15, -0.1) is 0 Å². The van der Waals surface area contributed by atoms with E-state index in [1.54, 1.807) is 6.92 Å². The molecule has 2 amide bonds. The summed E-state index contributed by atoms with van der Waals surface area (Å²) >= 11 is 0. The van der Waals surface area contributed by atoms with Crippen molar-refractivity contribution < 1.29 is 37.7 Å². The topological polar surface area (TPSA) is 114 Å². The number of carboxylic acids is 1. The van der Waals surface area contributed by atoms with Crippen LogP contribution in [0.15, 0.2) is 12.1 Å². The SMILES string of the molecule is CC1(CNC(=O)[C@H]2[C@@H]3CC[C@@H](C3)[C@H]2NC(=O)c2cc(O[C@H]3CC[C@@](C)(C(=O)O)CC3)c(F)cc2OCF)CCC1. The highest BCUT2D eigenvalue weighted by atomic mass is 19.1. The van der Waals surface area contributed by atoms with E-state index in [1.807, 2.05) is 0 Å². The van der Waals surface area contributed by atoms with Crippen LogP contribution in [0.1, 0.15) is 88.4 Å². The Hall–Kier alpha value is -2.91. The van der Waals surface area contributed by atoms with Crippen molar-refractivity contribution in [2.24, 2.45) is 28.6 Å². The molecule has 5 rings (SSSR count). The van der Waals surface area contributed by atoms with Crippen molar-refractivity contribution in [1.29, 1.82) is 0 Å². The number of hydrogen-bond acceptors (Lipinski definition) is 5. The van der Waals surface area contributed by atoms with Gasteiger partial charge in [-0.05, 0) is 88.0 Å². The molecule has 0 heterocycles. The van der Waals surface area contributed by atoms with Crippen molar-refractivity contribution in [3.63, 3.8) is 0 Å². The molecule has 0 radical (unpaired) electrons. The molecule has 40 heavy (non-hydrogen) atoms. The molecule has 4 aliphatic carbocycles. The molecule has 10 heteroatoms. The molecule has 0 aliphatic heterocycles. The first-order chi connectivity index (χ1) is 19.0. The fourth-order valence-corrected chi connectivity index (χ4v) is 7.20. The van der Waals surface area contributed by atoms with Gasteiger partial charge in [-0.3, -0.25) is 14.4 Å². The normalized spacial score (nSPS) is 32.1. The van der Waals surface area contributed by atoms with E-state index in [4.69, 9.17) is 9.47 Å². The lowest BCUT2D eigenvalue weighted by molar-refractivity contribution is -0.150. The largest absolute Gasteiger partial charge is 0.487 e. The Bertz CT molecular complexity index is 1150. The minimum absolute atomic E-state index is 0.0420. The number of carbonyl (C=O) groups excluding carboxylic acids is 2. The van der Waals surface area contributed by atoms with Crippen LogP contribution < -0.4 is 20.1 Å². The highest BCUT2D eigenvalue weighted by molar-refractivity contribution is 5.98. The Balaban J connectivity index is 1.30. The number of amides is 2. The highest BCUT2D eigenvalue weighted by Crippen LogP contribution is 2.49. The van der Waals surface area contributed by atoms with E-state index in [0.717, 1.165) is 38.2 Å². The molecule has 0 saturated heterocycles. The van der Waals surface area contributed by atoms with Crippen LogP contribution in [0.5, 0.6) is 11.5 Å². The van der Waals surface area contributed by atoms with Gasteiger partial charge in [0.15, 0.2) is 11.6 Å². The minimum atomic E-state index is -1.24. The number of carbonyl (C=O) groups is 3. The second-order valence-corrected chi connectivity index (χ2v) is 13.0. The predicted octanol–water partition coefficient (Wildman–Crippen LogP) is 4.99. The maximum Gasteiger partial charge on any atom is 0.309 e. The van der Waals surface area contributed by atoms with Gasteiger partial charge >= 0.3 is 5.97 Å². The maximum atomic E-state index is 15.0. The van der Waals surface area contributed by atoms with Crippen LogP contribution in [0.3, 0.4) is 0 Å². The lowest BCUT2D eigenvalue weighted by atomic mass is 9.70. The molecule has 4 saturated carbocycles. The van der Waals surface area contributed by atoms with Crippen molar-refractivity contribution in [3.05, 3.63) is 23.5 Å². The summed E-state index contributed by atoms with van der Waals surface area (Å²) in [6.45, 7) is 3.25. The molecular weight excluding hydrogens is 522 g/mol. The van der Waals surface area contributed by atoms with Crippen molar-refractivity contribution in [3.8, 4) is 11.5 Å². The van der Waals surface area contributed by atoms with Gasteiger partial charge < -0.3 is 25.2 Å². The summed E-state index contributed by atoms with van der Waals surface area (Å²) in [5.74, 6) is -2.68. The summed E-state index contributed by atoms with van der Waals surface area (Å²) in [6.07, 6.45) is 7.29. The number of nitrogens with one attached hydrogen (secondary N) is 2. The second-order valence-electron chi connectivity index (χ2n) is 13.0. The number of carboxylic acid groups (broad SMARTS) is 1. The molecule has 4 atom stereocenters. The summed E-state index contributed by atoms with van der Waals surface area (Å²) in [4.78, 5) is 38.4. The number of rotatable bonds is 10. The summed E-state index contributed by atoms with van der Waals surface area (Å²) < 4.78 is 39.0. The van der Waals surface area contributed by atoms with E-state index in [9.17, 15) is 28.3 Å². The third-order valence-corrected chi connectivity index (χ3v) is 10.1. The van der Waals surface area contributed by atoms with Crippen molar-refractivity contribution in [2.45, 2.75) is 90.2 Å². The number of fused-ring (bicyclic) bond motifs is 2. The molecular formula is C30H40F2N2O6. The molecule has 1 aromatic rings. The quantitative estimate of drug-likeness (QED) is 0.370. The van der Waals surface area contributed by atoms with Crippen molar-refractivity contribution in [1.82, 2.24) is 10.6 Å². The predicted molar refractivity (Wildman–Crippen MR) is 142 cm³/mol. The van der Waals surface area contributed by atoms with Crippen LogP contribution in [0.4, 0.5) is 8.78 Å². The van der Waals surface area contributed by atoms with Gasteiger partial charge in [-0.2, -0.15) is 0 Å². The van der Waals surface area contributed by atoms with Crippen LogP contribution in [-0.4, -0.2) is 48.4 Å². The average molecular weight is 563 g/mol. The fraction of sp³-hybridized carbons (Fsp3) is 0.700. The Morgan fingerprint density at radius 1 is 1.02 bits per heavy atom. The van der Waals surface area contributed by atoms with Gasteiger partial charge in [0.05, 0.1) is 23.0 Å². The summed E-state index contributed by atoms with van der Waals surface area (Å²) in [5.41, 5.74) is -0.773. The van der Waals surface area contributed by atoms with Gasteiger partial charge in [-0.25, -0.2) is 8.78 Å². The average Bonchev–Trinajstić information content (AvgIpc) is 3.51. The van der Waals surface area contributed by atoms with E-state index < -0.39 is 36.1 Å². The zero-order valence-electron chi connectivity index (χ0n) is 23.3. The Kier molecular flexibility index (Phi) is 7.99. The van der Waals surface area contributed by atoms with Crippen LogP contribution in [0.25, 0.3) is 0 Å². The molecule has 4 fully saturated rings. The minimum Gasteiger partial charge on any atom is -0.487 e. The number of halogens is 2. The zero-order valence-corrected chi connectivity index (χ0v) is 23.3. The Morgan fingerprint density at radius 2 is 1.73 bits per heavy atom. The summed E-state index contributed by atoms with van der Waals surface area (Å²) in [5, 5.41) is 15.6. The number of ether oxygens (including phenoxy) is 2. The Morgan fingerprint density at radius 3 is 2.35 bits per heavy atom. The standard InChI is InChI=1S/C30H40F2N2O6/c1-29(8-3-9-29)15-33-27(36)24-17-4-5-18(12-17)25(24)34-26(35)20-13-23(21(32)14-22(20)39-16-31)40-19-6-10-30(2,11-7-19)28(37)38/h13-14,17-19,24-25H,3-12,15-16H2,1-2H3,(H,33,36)(H,34,35)(H,37,38)/t17-,18+,19-,24+,25-,30+/m1/s1. The number of alkyl halides is 1. The molecule has 3 N–H and O–H groups in total. The molecule has 1 aromatic carbocycles. The van der Waals surface area contributed by atoms with E-state index in [1.165, 1.54) is 12.5 Å². The monoisotopic (exact) mass is 562 g/mol. The highest BCUT2D eigenvalue weighted by Gasteiger charge is 2.52. The molecule has 8 nitrogen and oxygen atoms in total. The van der Waals surface area contributed by atoms with E-state index in [2.05, 4.69) is 17.6 Å². The van der Waals surface area contributed by atoms with Gasteiger partial charge in [0.25, 0.3) is 5.91 Å². The summed E-state index contributed by atoms with van der Waals surface area (Å²) in [6, 6.07) is 1.79. The number of aliphatic carboxylic acids is 1. The van der Waals surface area contributed by atoms with Crippen LogP contribution >= 0.6 is 0 Å². The maximum absolute atomic E-state index is 15.0. The molecule has 220 valence electrons. The Labute approximate surface area is 233 Å². The molecule has 0 aromatic heterocycles. The first-order valence-electron chi connectivity index (χ1n) is 14.5.